The van der Waals surface area contributed by atoms with Crippen molar-refractivity contribution in [3.8, 4) is 5.75 Å². The fraction of sp³-hybridized carbons (Fsp3) is 0.250. The summed E-state index contributed by atoms with van der Waals surface area (Å²) in [6.07, 6.45) is 5.11. The number of ether oxygens (including phenoxy) is 1. The van der Waals surface area contributed by atoms with E-state index in [0.717, 1.165) is 37.6 Å². The Morgan fingerprint density at radius 3 is 2.52 bits per heavy atom. The minimum atomic E-state index is -0.381. The normalized spacial score (nSPS) is 14.9. The van der Waals surface area contributed by atoms with Crippen LogP contribution in [-0.2, 0) is 0 Å². The summed E-state index contributed by atoms with van der Waals surface area (Å²) >= 11 is 0. The van der Waals surface area contributed by atoms with E-state index in [1.54, 1.807) is 43.7 Å². The van der Waals surface area contributed by atoms with E-state index in [9.17, 15) is 10.1 Å². The lowest BCUT2D eigenvalue weighted by Crippen LogP contribution is -2.44. The lowest BCUT2D eigenvalue weighted by atomic mass is 10.1. The highest BCUT2D eigenvalue weighted by atomic mass is 16.6. The van der Waals surface area contributed by atoms with Gasteiger partial charge in [0.2, 0.25) is 0 Å². The van der Waals surface area contributed by atoms with E-state index < -0.39 is 0 Å². The number of anilines is 1. The molecule has 0 unspecified atom stereocenters. The summed E-state index contributed by atoms with van der Waals surface area (Å²) in [4.78, 5) is 12.9. The number of para-hydroxylation sites is 3. The van der Waals surface area contributed by atoms with E-state index in [1.807, 2.05) is 23.2 Å². The highest BCUT2D eigenvalue weighted by molar-refractivity contribution is 5.79. The summed E-state index contributed by atoms with van der Waals surface area (Å²) in [5.41, 5.74) is 1.75. The number of hydrogen-bond acceptors (Lipinski definition) is 6. The first-order chi connectivity index (χ1) is 13.2. The summed E-state index contributed by atoms with van der Waals surface area (Å²) in [5.74, 6) is 0.877. The van der Waals surface area contributed by atoms with Crippen LogP contribution in [0, 0.1) is 10.1 Å². The summed E-state index contributed by atoms with van der Waals surface area (Å²) in [5, 5.41) is 17.4. The molecule has 0 amide bonds. The average molecular weight is 366 g/mol. The zero-order chi connectivity index (χ0) is 19.1. The second-order valence-electron chi connectivity index (χ2n) is 6.05. The van der Waals surface area contributed by atoms with Crippen LogP contribution in [0.15, 0.2) is 59.7 Å². The molecule has 0 aromatic heterocycles. The molecule has 0 saturated carbocycles. The first kappa shape index (κ1) is 18.4. The smallest absolute Gasteiger partial charge is 0.276 e. The van der Waals surface area contributed by atoms with Crippen LogP contribution in [0.4, 0.5) is 11.4 Å². The maximum atomic E-state index is 11.0. The van der Waals surface area contributed by atoms with Gasteiger partial charge in [-0.1, -0.05) is 24.3 Å². The third kappa shape index (κ3) is 4.63. The van der Waals surface area contributed by atoms with E-state index >= 15 is 0 Å². The van der Waals surface area contributed by atoms with E-state index in [-0.39, 0.29) is 10.6 Å². The van der Waals surface area contributed by atoms with Crippen LogP contribution < -0.4 is 9.64 Å². The van der Waals surface area contributed by atoms with Crippen LogP contribution in [0.25, 0.3) is 6.08 Å². The van der Waals surface area contributed by atoms with Crippen molar-refractivity contribution >= 4 is 23.7 Å². The van der Waals surface area contributed by atoms with Gasteiger partial charge in [0.1, 0.15) is 5.75 Å². The van der Waals surface area contributed by atoms with Crippen LogP contribution in [0.3, 0.4) is 0 Å². The van der Waals surface area contributed by atoms with Crippen LogP contribution in [0.5, 0.6) is 5.75 Å². The van der Waals surface area contributed by atoms with Gasteiger partial charge in [-0.2, -0.15) is 5.10 Å². The van der Waals surface area contributed by atoms with Crippen molar-refractivity contribution in [3.05, 3.63) is 70.3 Å². The number of nitro groups is 1. The fourth-order valence-electron chi connectivity index (χ4n) is 3.02. The highest BCUT2D eigenvalue weighted by Crippen LogP contribution is 2.28. The molecule has 7 heteroatoms. The maximum absolute atomic E-state index is 11.0. The average Bonchev–Trinajstić information content (AvgIpc) is 2.72. The molecule has 1 saturated heterocycles. The molecule has 0 aliphatic carbocycles. The van der Waals surface area contributed by atoms with Crippen molar-refractivity contribution in [3.63, 3.8) is 0 Å². The molecule has 0 spiro atoms. The van der Waals surface area contributed by atoms with E-state index in [0.29, 0.717) is 5.56 Å². The summed E-state index contributed by atoms with van der Waals surface area (Å²) in [6, 6.07) is 14.6. The Hall–Kier alpha value is -3.35. The van der Waals surface area contributed by atoms with Gasteiger partial charge < -0.3 is 9.64 Å². The van der Waals surface area contributed by atoms with Gasteiger partial charge in [0.15, 0.2) is 0 Å². The molecule has 0 N–H and O–H groups in total. The fourth-order valence-corrected chi connectivity index (χ4v) is 3.02. The molecule has 0 bridgehead atoms. The first-order valence-electron chi connectivity index (χ1n) is 8.76. The predicted molar refractivity (Wildman–Crippen MR) is 107 cm³/mol. The molecule has 0 atom stereocenters. The monoisotopic (exact) mass is 366 g/mol. The Kier molecular flexibility index (Phi) is 6.04. The lowest BCUT2D eigenvalue weighted by molar-refractivity contribution is -0.385. The van der Waals surface area contributed by atoms with E-state index in [4.69, 9.17) is 4.74 Å². The van der Waals surface area contributed by atoms with Gasteiger partial charge >= 0.3 is 0 Å². The van der Waals surface area contributed by atoms with Gasteiger partial charge in [0.05, 0.1) is 36.4 Å². The zero-order valence-electron chi connectivity index (χ0n) is 15.2. The third-order valence-corrected chi connectivity index (χ3v) is 4.41. The van der Waals surface area contributed by atoms with Crippen LogP contribution in [-0.4, -0.2) is 49.4 Å². The standard InChI is InChI=1S/C20H22N4O3/c1-27-20-11-5-4-10-19(20)22-13-15-23(16-14-22)21-12-6-8-17-7-2-3-9-18(17)24(25)26/h2-12H,13-16H2,1H3/b8-6+,21-12-. The highest BCUT2D eigenvalue weighted by Gasteiger charge is 2.18. The predicted octanol–water partition coefficient (Wildman–Crippen LogP) is 3.42. The van der Waals surface area contributed by atoms with Gasteiger partial charge in [0.25, 0.3) is 5.69 Å². The summed E-state index contributed by atoms with van der Waals surface area (Å²) in [6.45, 7) is 3.30. The van der Waals surface area contributed by atoms with E-state index in [1.165, 1.54) is 6.07 Å². The summed E-state index contributed by atoms with van der Waals surface area (Å²) in [7, 11) is 1.68. The second kappa shape index (κ2) is 8.84. The molecule has 140 valence electrons. The Labute approximate surface area is 158 Å². The molecular formula is C20H22N4O3. The number of piperazine rings is 1. The molecule has 3 rings (SSSR count). The van der Waals surface area contributed by atoms with Crippen molar-refractivity contribution in [2.24, 2.45) is 5.10 Å². The van der Waals surface area contributed by atoms with Gasteiger partial charge in [-0.15, -0.1) is 0 Å². The number of nitro benzene ring substituents is 1. The molecule has 1 aliphatic heterocycles. The number of hydrazone groups is 1. The Morgan fingerprint density at radius 2 is 1.78 bits per heavy atom. The molecular weight excluding hydrogens is 344 g/mol. The molecule has 7 nitrogen and oxygen atoms in total. The number of hydrogen-bond donors (Lipinski definition) is 0. The lowest BCUT2D eigenvalue weighted by Gasteiger charge is -2.35. The van der Waals surface area contributed by atoms with Gasteiger partial charge in [0, 0.05) is 25.4 Å². The Balaban J connectivity index is 1.56. The molecule has 2 aromatic carbocycles. The number of nitrogens with zero attached hydrogens (tertiary/aromatic N) is 4. The number of benzene rings is 2. The van der Waals surface area contributed by atoms with Gasteiger partial charge in [-0.25, -0.2) is 0 Å². The molecule has 1 heterocycles. The SMILES string of the molecule is COc1ccccc1N1CCN(/N=C\C=C\c2ccccc2[N+](=O)[O-])CC1. The van der Waals surface area contributed by atoms with Crippen molar-refractivity contribution in [2.45, 2.75) is 0 Å². The van der Waals surface area contributed by atoms with Crippen molar-refractivity contribution in [1.29, 1.82) is 0 Å². The molecule has 1 fully saturated rings. The van der Waals surface area contributed by atoms with Crippen LogP contribution >= 0.6 is 0 Å². The quantitative estimate of drug-likeness (QED) is 0.445. The topological polar surface area (TPSA) is 71.2 Å². The first-order valence-corrected chi connectivity index (χ1v) is 8.76. The number of methoxy groups -OCH3 is 1. The minimum Gasteiger partial charge on any atom is -0.495 e. The molecule has 2 aromatic rings. The maximum Gasteiger partial charge on any atom is 0.276 e. The largest absolute Gasteiger partial charge is 0.495 e. The zero-order valence-corrected chi connectivity index (χ0v) is 15.2. The second-order valence-corrected chi connectivity index (χ2v) is 6.05. The summed E-state index contributed by atoms with van der Waals surface area (Å²) < 4.78 is 5.43. The molecule has 27 heavy (non-hydrogen) atoms. The van der Waals surface area contributed by atoms with Crippen molar-refractivity contribution < 1.29 is 9.66 Å². The van der Waals surface area contributed by atoms with Crippen LogP contribution in [0.1, 0.15) is 5.56 Å². The Morgan fingerprint density at radius 1 is 1.07 bits per heavy atom. The Bertz CT molecular complexity index is 843. The van der Waals surface area contributed by atoms with Crippen molar-refractivity contribution in [2.75, 3.05) is 38.2 Å². The number of allylic oxidation sites excluding steroid dienone is 1. The number of rotatable bonds is 6. The third-order valence-electron chi connectivity index (χ3n) is 4.41. The van der Waals surface area contributed by atoms with E-state index in [2.05, 4.69) is 16.1 Å². The molecule has 1 aliphatic rings. The van der Waals surface area contributed by atoms with Gasteiger partial charge in [-0.3, -0.25) is 15.1 Å². The molecule has 0 radical (unpaired) electrons. The minimum absolute atomic E-state index is 0.0903. The van der Waals surface area contributed by atoms with Crippen LogP contribution in [0.2, 0.25) is 0 Å². The van der Waals surface area contributed by atoms with Crippen molar-refractivity contribution in [1.82, 2.24) is 5.01 Å². The van der Waals surface area contributed by atoms with Gasteiger partial charge in [-0.05, 0) is 30.4 Å².